The van der Waals surface area contributed by atoms with E-state index in [-0.39, 0.29) is 18.4 Å². The first-order valence-electron chi connectivity index (χ1n) is 6.79. The van der Waals surface area contributed by atoms with E-state index in [1.807, 2.05) is 26.8 Å². The molecule has 21 heavy (non-hydrogen) atoms. The van der Waals surface area contributed by atoms with Crippen LogP contribution in [0.5, 0.6) is 0 Å². The van der Waals surface area contributed by atoms with E-state index in [1.54, 1.807) is 16.8 Å². The highest BCUT2D eigenvalue weighted by Gasteiger charge is 2.17. The number of carbonyl (C=O) groups is 1. The smallest absolute Gasteiger partial charge is 0.249 e. The standard InChI is InChI=1S/C14H19N5O2/c1-8(2)14-16-17-18-19(14)10-4-5-11(9(3)7-20)12(6-10)13(15)21/h4-6,8-9,20H,7H2,1-3H3,(H2,15,21)/t9-/m1/s1. The number of aliphatic hydroxyl groups excluding tert-OH is 1. The highest BCUT2D eigenvalue weighted by molar-refractivity contribution is 5.95. The molecule has 0 bridgehead atoms. The van der Waals surface area contributed by atoms with E-state index in [0.29, 0.717) is 22.6 Å². The summed E-state index contributed by atoms with van der Waals surface area (Å²) in [5, 5.41) is 20.9. The van der Waals surface area contributed by atoms with Gasteiger partial charge in [-0.3, -0.25) is 4.79 Å². The fourth-order valence-electron chi connectivity index (χ4n) is 2.16. The third-order valence-corrected chi connectivity index (χ3v) is 3.36. The van der Waals surface area contributed by atoms with Gasteiger partial charge in [0.2, 0.25) is 5.91 Å². The van der Waals surface area contributed by atoms with Crippen LogP contribution in [0.25, 0.3) is 5.69 Å². The van der Waals surface area contributed by atoms with Crippen LogP contribution in [0.3, 0.4) is 0 Å². The third kappa shape index (κ3) is 2.92. The van der Waals surface area contributed by atoms with Gasteiger partial charge in [-0.1, -0.05) is 26.8 Å². The lowest BCUT2D eigenvalue weighted by Crippen LogP contribution is -2.17. The van der Waals surface area contributed by atoms with E-state index in [9.17, 15) is 9.90 Å². The summed E-state index contributed by atoms with van der Waals surface area (Å²) in [6, 6.07) is 5.25. The van der Waals surface area contributed by atoms with Crippen LogP contribution in [0.4, 0.5) is 0 Å². The van der Waals surface area contributed by atoms with Gasteiger partial charge >= 0.3 is 0 Å². The second-order valence-electron chi connectivity index (χ2n) is 5.32. The Labute approximate surface area is 122 Å². The predicted molar refractivity (Wildman–Crippen MR) is 77.3 cm³/mol. The van der Waals surface area contributed by atoms with Crippen LogP contribution in [0.1, 0.15) is 54.4 Å². The fourth-order valence-corrected chi connectivity index (χ4v) is 2.16. The van der Waals surface area contributed by atoms with Gasteiger partial charge < -0.3 is 10.8 Å². The Morgan fingerprint density at radius 1 is 1.38 bits per heavy atom. The molecule has 0 aliphatic rings. The van der Waals surface area contributed by atoms with E-state index in [4.69, 9.17) is 5.73 Å². The van der Waals surface area contributed by atoms with Gasteiger partial charge in [0.1, 0.15) is 0 Å². The molecule has 112 valence electrons. The lowest BCUT2D eigenvalue weighted by atomic mass is 9.95. The summed E-state index contributed by atoms with van der Waals surface area (Å²) >= 11 is 0. The topological polar surface area (TPSA) is 107 Å². The Morgan fingerprint density at radius 3 is 2.67 bits per heavy atom. The Kier molecular flexibility index (Phi) is 4.32. The SMILES string of the molecule is CC(C)c1nnnn1-c1ccc([C@H](C)CO)c(C(N)=O)c1. The second kappa shape index (κ2) is 6.01. The van der Waals surface area contributed by atoms with Gasteiger partial charge in [0.05, 0.1) is 5.69 Å². The number of primary amides is 1. The van der Waals surface area contributed by atoms with Crippen LogP contribution in [-0.2, 0) is 0 Å². The van der Waals surface area contributed by atoms with Gasteiger partial charge in [-0.15, -0.1) is 5.10 Å². The van der Waals surface area contributed by atoms with E-state index >= 15 is 0 Å². The van der Waals surface area contributed by atoms with Crippen molar-refractivity contribution in [1.29, 1.82) is 0 Å². The molecule has 0 unspecified atom stereocenters. The van der Waals surface area contributed by atoms with Gasteiger partial charge in [0.15, 0.2) is 5.82 Å². The number of aromatic nitrogens is 4. The Bertz CT molecular complexity index is 651. The molecule has 7 nitrogen and oxygen atoms in total. The summed E-state index contributed by atoms with van der Waals surface area (Å²) in [5.41, 5.74) is 7.21. The second-order valence-corrected chi connectivity index (χ2v) is 5.32. The van der Waals surface area contributed by atoms with Gasteiger partial charge in [0.25, 0.3) is 0 Å². The van der Waals surface area contributed by atoms with Crippen LogP contribution in [-0.4, -0.2) is 37.8 Å². The maximum atomic E-state index is 11.7. The fraction of sp³-hybridized carbons (Fsp3) is 0.429. The molecule has 0 aliphatic heterocycles. The van der Waals surface area contributed by atoms with Crippen molar-refractivity contribution in [3.05, 3.63) is 35.2 Å². The van der Waals surface area contributed by atoms with Crippen LogP contribution < -0.4 is 5.73 Å². The predicted octanol–water partition coefficient (Wildman–Crippen LogP) is 0.980. The molecule has 0 aliphatic carbocycles. The monoisotopic (exact) mass is 289 g/mol. The largest absolute Gasteiger partial charge is 0.396 e. The summed E-state index contributed by atoms with van der Waals surface area (Å²) in [6.07, 6.45) is 0. The first kappa shape index (κ1) is 15.1. The summed E-state index contributed by atoms with van der Waals surface area (Å²) in [4.78, 5) is 11.7. The molecule has 0 saturated heterocycles. The average molecular weight is 289 g/mol. The maximum absolute atomic E-state index is 11.7. The van der Waals surface area contributed by atoms with Crippen LogP contribution in [0.15, 0.2) is 18.2 Å². The van der Waals surface area contributed by atoms with E-state index in [1.165, 1.54) is 0 Å². The van der Waals surface area contributed by atoms with E-state index < -0.39 is 5.91 Å². The normalized spacial score (nSPS) is 12.6. The molecule has 2 rings (SSSR count). The molecule has 0 saturated carbocycles. The maximum Gasteiger partial charge on any atom is 0.249 e. The van der Waals surface area contributed by atoms with Gasteiger partial charge in [0, 0.05) is 24.0 Å². The number of nitrogens with two attached hydrogens (primary N) is 1. The summed E-state index contributed by atoms with van der Waals surface area (Å²) in [7, 11) is 0. The molecular formula is C14H19N5O2. The summed E-state index contributed by atoms with van der Waals surface area (Å²) in [6.45, 7) is 5.75. The molecule has 7 heteroatoms. The average Bonchev–Trinajstić information content (AvgIpc) is 2.95. The molecule has 1 aromatic carbocycles. The molecule has 1 heterocycles. The molecule has 1 aromatic heterocycles. The molecule has 1 atom stereocenters. The van der Waals surface area contributed by atoms with Crippen molar-refractivity contribution in [2.45, 2.75) is 32.6 Å². The zero-order valence-electron chi connectivity index (χ0n) is 12.3. The zero-order chi connectivity index (χ0) is 15.6. The van der Waals surface area contributed by atoms with Gasteiger partial charge in [-0.2, -0.15) is 4.68 Å². The van der Waals surface area contributed by atoms with Crippen molar-refractivity contribution in [1.82, 2.24) is 20.2 Å². The number of carbonyl (C=O) groups excluding carboxylic acids is 1. The molecule has 3 N–H and O–H groups in total. The number of nitrogens with zero attached hydrogens (tertiary/aromatic N) is 4. The first-order chi connectivity index (χ1) is 9.95. The minimum atomic E-state index is -0.536. The van der Waals surface area contributed by atoms with Crippen LogP contribution in [0.2, 0.25) is 0 Å². The molecule has 0 radical (unpaired) electrons. The minimum absolute atomic E-state index is 0.0538. The molecule has 1 amide bonds. The Hall–Kier alpha value is -2.28. The quantitative estimate of drug-likeness (QED) is 0.853. The number of benzene rings is 1. The molecule has 0 fully saturated rings. The van der Waals surface area contributed by atoms with Crippen LogP contribution in [0, 0.1) is 0 Å². The lowest BCUT2D eigenvalue weighted by Gasteiger charge is -2.14. The van der Waals surface area contributed by atoms with Crippen molar-refractivity contribution >= 4 is 5.91 Å². The Balaban J connectivity index is 2.54. The number of tetrazole rings is 1. The van der Waals surface area contributed by atoms with Crippen molar-refractivity contribution in [3.63, 3.8) is 0 Å². The van der Waals surface area contributed by atoms with E-state index in [2.05, 4.69) is 15.5 Å². The Morgan fingerprint density at radius 2 is 2.10 bits per heavy atom. The lowest BCUT2D eigenvalue weighted by molar-refractivity contribution is 0.0998. The number of hydrogen-bond donors (Lipinski definition) is 2. The molecule has 2 aromatic rings. The van der Waals surface area contributed by atoms with Gasteiger partial charge in [-0.25, -0.2) is 0 Å². The number of hydrogen-bond acceptors (Lipinski definition) is 5. The van der Waals surface area contributed by atoms with Gasteiger partial charge in [-0.05, 0) is 28.1 Å². The molecular weight excluding hydrogens is 270 g/mol. The summed E-state index contributed by atoms with van der Waals surface area (Å²) in [5.74, 6) is 0.146. The number of aliphatic hydroxyl groups is 1. The highest BCUT2D eigenvalue weighted by atomic mass is 16.3. The van der Waals surface area contributed by atoms with Crippen LogP contribution >= 0.6 is 0 Å². The van der Waals surface area contributed by atoms with Crippen molar-refractivity contribution in [2.75, 3.05) is 6.61 Å². The molecule has 0 spiro atoms. The highest BCUT2D eigenvalue weighted by Crippen LogP contribution is 2.23. The van der Waals surface area contributed by atoms with E-state index in [0.717, 1.165) is 0 Å². The number of amides is 1. The summed E-state index contributed by atoms with van der Waals surface area (Å²) < 4.78 is 1.59. The van der Waals surface area contributed by atoms with Crippen molar-refractivity contribution in [3.8, 4) is 5.69 Å². The van der Waals surface area contributed by atoms with Crippen molar-refractivity contribution < 1.29 is 9.90 Å². The third-order valence-electron chi connectivity index (χ3n) is 3.36. The minimum Gasteiger partial charge on any atom is -0.396 e. The zero-order valence-corrected chi connectivity index (χ0v) is 12.3. The van der Waals surface area contributed by atoms with Crippen molar-refractivity contribution in [2.24, 2.45) is 5.73 Å². The first-order valence-corrected chi connectivity index (χ1v) is 6.79. The number of rotatable bonds is 5.